The molecular formula is C11H10Cl3NO. The van der Waals surface area contributed by atoms with Gasteiger partial charge in [0.15, 0.2) is 0 Å². The zero-order valence-electron chi connectivity index (χ0n) is 8.64. The Hall–Kier alpha value is -0.440. The van der Waals surface area contributed by atoms with Crippen LogP contribution in [0, 0.1) is 6.92 Å². The highest BCUT2D eigenvalue weighted by molar-refractivity contribution is 6.37. The molecular weight excluding hydrogens is 268 g/mol. The van der Waals surface area contributed by atoms with Crippen LogP contribution >= 0.6 is 34.8 Å². The maximum Gasteiger partial charge on any atom is 0.228 e. The van der Waals surface area contributed by atoms with Crippen molar-refractivity contribution in [3.05, 3.63) is 27.7 Å². The van der Waals surface area contributed by atoms with Gasteiger partial charge in [0.1, 0.15) is 0 Å². The van der Waals surface area contributed by atoms with Crippen molar-refractivity contribution >= 4 is 46.4 Å². The first-order chi connectivity index (χ1) is 7.49. The highest BCUT2D eigenvalue weighted by Crippen LogP contribution is 2.35. The smallest absolute Gasteiger partial charge is 0.228 e. The summed E-state index contributed by atoms with van der Waals surface area (Å²) >= 11 is 17.9. The van der Waals surface area contributed by atoms with Gasteiger partial charge in [-0.05, 0) is 24.6 Å². The Morgan fingerprint density at radius 2 is 2.06 bits per heavy atom. The van der Waals surface area contributed by atoms with Gasteiger partial charge in [0.25, 0.3) is 0 Å². The lowest BCUT2D eigenvalue weighted by Gasteiger charge is -2.20. The normalized spacial score (nSPS) is 20.6. The zero-order valence-corrected chi connectivity index (χ0v) is 10.9. The first-order valence-electron chi connectivity index (χ1n) is 4.89. The van der Waals surface area contributed by atoms with Gasteiger partial charge in [0, 0.05) is 18.0 Å². The fourth-order valence-corrected chi connectivity index (χ4v) is 2.88. The van der Waals surface area contributed by atoms with Crippen LogP contribution in [0.3, 0.4) is 0 Å². The molecule has 1 heterocycles. The van der Waals surface area contributed by atoms with E-state index in [0.29, 0.717) is 23.0 Å². The standard InChI is InChI=1S/C11H10Cl3NO/c1-6-2-7(12)3-9(14)11(6)15-5-8(13)4-10(15)16/h2-3,8H,4-5H2,1H3. The number of amides is 1. The summed E-state index contributed by atoms with van der Waals surface area (Å²) in [7, 11) is 0. The Labute approximate surface area is 109 Å². The van der Waals surface area contributed by atoms with E-state index in [1.165, 1.54) is 0 Å². The average Bonchev–Trinajstić information content (AvgIpc) is 2.43. The van der Waals surface area contributed by atoms with Crippen molar-refractivity contribution in [3.8, 4) is 0 Å². The molecule has 0 N–H and O–H groups in total. The number of hydrogen-bond acceptors (Lipinski definition) is 1. The van der Waals surface area contributed by atoms with Crippen LogP contribution < -0.4 is 4.90 Å². The number of benzene rings is 1. The summed E-state index contributed by atoms with van der Waals surface area (Å²) in [6, 6.07) is 3.43. The molecule has 0 radical (unpaired) electrons. The highest BCUT2D eigenvalue weighted by Gasteiger charge is 2.31. The van der Waals surface area contributed by atoms with Crippen LogP contribution in [0.15, 0.2) is 12.1 Å². The molecule has 1 saturated heterocycles. The number of rotatable bonds is 1. The topological polar surface area (TPSA) is 20.3 Å². The fourth-order valence-electron chi connectivity index (χ4n) is 1.92. The van der Waals surface area contributed by atoms with E-state index in [0.717, 1.165) is 11.3 Å². The van der Waals surface area contributed by atoms with Crippen LogP contribution in [0.4, 0.5) is 5.69 Å². The Bertz CT molecular complexity index is 424. The lowest BCUT2D eigenvalue weighted by Crippen LogP contribution is -2.25. The van der Waals surface area contributed by atoms with Gasteiger partial charge in [-0.25, -0.2) is 0 Å². The predicted octanol–water partition coefficient (Wildman–Crippen LogP) is 3.65. The lowest BCUT2D eigenvalue weighted by atomic mass is 10.2. The van der Waals surface area contributed by atoms with E-state index in [2.05, 4.69) is 0 Å². The quantitative estimate of drug-likeness (QED) is 0.718. The van der Waals surface area contributed by atoms with Crippen LogP contribution in [0.1, 0.15) is 12.0 Å². The molecule has 1 fully saturated rings. The Morgan fingerprint density at radius 3 is 2.56 bits per heavy atom. The zero-order chi connectivity index (χ0) is 11.9. The molecule has 0 bridgehead atoms. The molecule has 16 heavy (non-hydrogen) atoms. The SMILES string of the molecule is Cc1cc(Cl)cc(Cl)c1N1CC(Cl)CC1=O. The van der Waals surface area contributed by atoms with E-state index < -0.39 is 0 Å². The minimum absolute atomic E-state index is 0.00678. The molecule has 1 unspecified atom stereocenters. The second kappa shape index (κ2) is 4.44. The van der Waals surface area contributed by atoms with E-state index in [9.17, 15) is 4.79 Å². The molecule has 1 aromatic rings. The number of hydrogen-bond donors (Lipinski definition) is 0. The molecule has 5 heteroatoms. The summed E-state index contributed by atoms with van der Waals surface area (Å²) < 4.78 is 0. The molecule has 0 saturated carbocycles. The van der Waals surface area contributed by atoms with Crippen molar-refractivity contribution in [2.45, 2.75) is 18.7 Å². The van der Waals surface area contributed by atoms with Crippen molar-refractivity contribution in [1.29, 1.82) is 0 Å². The van der Waals surface area contributed by atoms with Crippen LogP contribution in [-0.2, 0) is 4.79 Å². The average molecular weight is 279 g/mol. The van der Waals surface area contributed by atoms with Crippen molar-refractivity contribution < 1.29 is 4.79 Å². The number of nitrogens with zero attached hydrogens (tertiary/aromatic N) is 1. The monoisotopic (exact) mass is 277 g/mol. The number of halogens is 3. The van der Waals surface area contributed by atoms with E-state index in [-0.39, 0.29) is 11.3 Å². The van der Waals surface area contributed by atoms with Crippen molar-refractivity contribution in [2.75, 3.05) is 11.4 Å². The maximum absolute atomic E-state index is 11.7. The molecule has 1 amide bonds. The van der Waals surface area contributed by atoms with E-state index in [1.807, 2.05) is 6.92 Å². The third kappa shape index (κ3) is 2.15. The summed E-state index contributed by atoms with van der Waals surface area (Å²) in [5.41, 5.74) is 1.61. The first-order valence-corrected chi connectivity index (χ1v) is 6.08. The van der Waals surface area contributed by atoms with Crippen molar-refractivity contribution in [2.24, 2.45) is 0 Å². The van der Waals surface area contributed by atoms with Crippen LogP contribution in [0.25, 0.3) is 0 Å². The van der Waals surface area contributed by atoms with Crippen LogP contribution in [0.2, 0.25) is 10.0 Å². The summed E-state index contributed by atoms with van der Waals surface area (Å²) in [6.45, 7) is 2.38. The van der Waals surface area contributed by atoms with Gasteiger partial charge >= 0.3 is 0 Å². The minimum Gasteiger partial charge on any atom is -0.309 e. The second-order valence-electron chi connectivity index (χ2n) is 3.86. The molecule has 1 atom stereocenters. The predicted molar refractivity (Wildman–Crippen MR) is 67.8 cm³/mol. The Kier molecular flexibility index (Phi) is 3.34. The van der Waals surface area contributed by atoms with Gasteiger partial charge in [0.05, 0.1) is 16.1 Å². The second-order valence-corrected chi connectivity index (χ2v) is 5.32. The lowest BCUT2D eigenvalue weighted by molar-refractivity contribution is -0.117. The molecule has 1 aliphatic rings. The molecule has 0 aromatic heterocycles. The molecule has 2 rings (SSSR count). The number of carbonyl (C=O) groups is 1. The largest absolute Gasteiger partial charge is 0.309 e. The highest BCUT2D eigenvalue weighted by atomic mass is 35.5. The summed E-state index contributed by atoms with van der Waals surface area (Å²) in [6.07, 6.45) is 0.361. The van der Waals surface area contributed by atoms with Gasteiger partial charge in [-0.2, -0.15) is 0 Å². The Balaban J connectivity index is 2.44. The molecule has 1 aliphatic heterocycles. The number of anilines is 1. The van der Waals surface area contributed by atoms with Crippen molar-refractivity contribution in [3.63, 3.8) is 0 Å². The molecule has 2 nitrogen and oxygen atoms in total. The molecule has 0 aliphatic carbocycles. The van der Waals surface area contributed by atoms with Crippen LogP contribution in [-0.4, -0.2) is 17.8 Å². The van der Waals surface area contributed by atoms with E-state index in [1.54, 1.807) is 17.0 Å². The molecule has 1 aromatic carbocycles. The fraction of sp³-hybridized carbons (Fsp3) is 0.364. The number of aryl methyl sites for hydroxylation is 1. The van der Waals surface area contributed by atoms with Crippen LogP contribution in [0.5, 0.6) is 0 Å². The maximum atomic E-state index is 11.7. The van der Waals surface area contributed by atoms with Gasteiger partial charge in [-0.1, -0.05) is 23.2 Å². The third-order valence-electron chi connectivity index (χ3n) is 2.57. The Morgan fingerprint density at radius 1 is 1.38 bits per heavy atom. The number of carbonyl (C=O) groups excluding carboxylic acids is 1. The van der Waals surface area contributed by atoms with Gasteiger partial charge in [0.2, 0.25) is 5.91 Å². The summed E-state index contributed by atoms with van der Waals surface area (Å²) in [4.78, 5) is 13.4. The number of alkyl halides is 1. The van der Waals surface area contributed by atoms with Crippen molar-refractivity contribution in [1.82, 2.24) is 0 Å². The van der Waals surface area contributed by atoms with E-state index in [4.69, 9.17) is 34.8 Å². The minimum atomic E-state index is -0.140. The van der Waals surface area contributed by atoms with E-state index >= 15 is 0 Å². The molecule has 86 valence electrons. The van der Waals surface area contributed by atoms with Gasteiger partial charge in [-0.15, -0.1) is 11.6 Å². The third-order valence-corrected chi connectivity index (χ3v) is 3.37. The summed E-state index contributed by atoms with van der Waals surface area (Å²) in [5.74, 6) is 0.00678. The van der Waals surface area contributed by atoms with Gasteiger partial charge in [-0.3, -0.25) is 4.79 Å². The first kappa shape index (κ1) is 12.0. The summed E-state index contributed by atoms with van der Waals surface area (Å²) in [5, 5.41) is 0.920. The van der Waals surface area contributed by atoms with Gasteiger partial charge < -0.3 is 4.90 Å². The molecule has 0 spiro atoms.